The average Bonchev–Trinajstić information content (AvgIpc) is 2.81. The van der Waals surface area contributed by atoms with E-state index in [2.05, 4.69) is 10.3 Å². The standard InChI is InChI=1S/C14H18FN3O/c1-10-8-12(15)4-5-13(10)17-14-16-6-7-18(14)11(2)9-19-3/h4-8,11H,9H2,1-3H3,(H,16,17). The molecule has 0 fully saturated rings. The van der Waals surface area contributed by atoms with Crippen LogP contribution >= 0.6 is 0 Å². The van der Waals surface area contributed by atoms with Crippen molar-refractivity contribution in [2.24, 2.45) is 0 Å². The van der Waals surface area contributed by atoms with Crippen LogP contribution in [0.5, 0.6) is 0 Å². The van der Waals surface area contributed by atoms with Crippen molar-refractivity contribution in [3.63, 3.8) is 0 Å². The van der Waals surface area contributed by atoms with Gasteiger partial charge in [0.2, 0.25) is 5.95 Å². The van der Waals surface area contributed by atoms with Gasteiger partial charge in [0.1, 0.15) is 5.82 Å². The molecule has 0 aliphatic heterocycles. The topological polar surface area (TPSA) is 39.1 Å². The molecule has 0 radical (unpaired) electrons. The molecule has 1 heterocycles. The highest BCUT2D eigenvalue weighted by atomic mass is 19.1. The smallest absolute Gasteiger partial charge is 0.207 e. The molecule has 4 nitrogen and oxygen atoms in total. The lowest BCUT2D eigenvalue weighted by Crippen LogP contribution is -2.13. The van der Waals surface area contributed by atoms with Gasteiger partial charge >= 0.3 is 0 Å². The number of aromatic nitrogens is 2. The van der Waals surface area contributed by atoms with Crippen molar-refractivity contribution in [1.82, 2.24) is 9.55 Å². The molecule has 0 bridgehead atoms. The number of aryl methyl sites for hydroxylation is 1. The molecule has 0 spiro atoms. The summed E-state index contributed by atoms with van der Waals surface area (Å²) in [7, 11) is 1.67. The zero-order chi connectivity index (χ0) is 13.8. The predicted octanol–water partition coefficient (Wildman–Crippen LogP) is 3.28. The highest BCUT2D eigenvalue weighted by Gasteiger charge is 2.10. The van der Waals surface area contributed by atoms with Crippen LogP contribution < -0.4 is 5.32 Å². The number of ether oxygens (including phenoxy) is 1. The van der Waals surface area contributed by atoms with Gasteiger partial charge in [0.05, 0.1) is 12.6 Å². The molecular weight excluding hydrogens is 245 g/mol. The van der Waals surface area contributed by atoms with E-state index in [0.717, 1.165) is 17.2 Å². The molecule has 1 aromatic carbocycles. The summed E-state index contributed by atoms with van der Waals surface area (Å²) in [5.74, 6) is 0.485. The van der Waals surface area contributed by atoms with Gasteiger partial charge in [-0.25, -0.2) is 9.37 Å². The molecular formula is C14H18FN3O. The third kappa shape index (κ3) is 3.12. The van der Waals surface area contributed by atoms with Gasteiger partial charge in [0, 0.05) is 25.2 Å². The lowest BCUT2D eigenvalue weighted by molar-refractivity contribution is 0.163. The number of rotatable bonds is 5. The van der Waals surface area contributed by atoms with Crippen molar-refractivity contribution in [3.05, 3.63) is 42.0 Å². The minimum absolute atomic E-state index is 0.177. The number of imidazole rings is 1. The van der Waals surface area contributed by atoms with Crippen LogP contribution in [0.15, 0.2) is 30.6 Å². The number of anilines is 2. The van der Waals surface area contributed by atoms with Gasteiger partial charge < -0.3 is 14.6 Å². The first kappa shape index (κ1) is 13.5. The number of nitrogens with one attached hydrogen (secondary N) is 1. The van der Waals surface area contributed by atoms with Crippen LogP contribution in [0.1, 0.15) is 18.5 Å². The lowest BCUT2D eigenvalue weighted by atomic mass is 10.2. The van der Waals surface area contributed by atoms with Crippen molar-refractivity contribution < 1.29 is 9.13 Å². The molecule has 1 aromatic heterocycles. The summed E-state index contributed by atoms with van der Waals surface area (Å²) in [5.41, 5.74) is 1.69. The molecule has 0 aliphatic rings. The monoisotopic (exact) mass is 263 g/mol. The van der Waals surface area contributed by atoms with Gasteiger partial charge in [-0.1, -0.05) is 0 Å². The quantitative estimate of drug-likeness (QED) is 0.899. The summed E-state index contributed by atoms with van der Waals surface area (Å²) in [6, 6.07) is 4.82. The van der Waals surface area contributed by atoms with Crippen LogP contribution in [0, 0.1) is 12.7 Å². The minimum atomic E-state index is -0.237. The van der Waals surface area contributed by atoms with E-state index in [1.165, 1.54) is 12.1 Å². The fourth-order valence-corrected chi connectivity index (χ4v) is 1.97. The number of hydrogen-bond donors (Lipinski definition) is 1. The maximum Gasteiger partial charge on any atom is 0.207 e. The summed E-state index contributed by atoms with van der Waals surface area (Å²) in [6.45, 7) is 4.51. The predicted molar refractivity (Wildman–Crippen MR) is 73.2 cm³/mol. The van der Waals surface area contributed by atoms with E-state index in [-0.39, 0.29) is 11.9 Å². The maximum absolute atomic E-state index is 13.1. The van der Waals surface area contributed by atoms with Crippen LogP contribution in [0.4, 0.5) is 16.0 Å². The van der Waals surface area contributed by atoms with Crippen molar-refractivity contribution in [2.45, 2.75) is 19.9 Å². The van der Waals surface area contributed by atoms with Gasteiger partial charge in [0.25, 0.3) is 0 Å². The number of methoxy groups -OCH3 is 1. The van der Waals surface area contributed by atoms with Gasteiger partial charge in [0.15, 0.2) is 0 Å². The number of nitrogens with zero attached hydrogens (tertiary/aromatic N) is 2. The van der Waals surface area contributed by atoms with E-state index in [1.807, 2.05) is 24.6 Å². The first-order valence-corrected chi connectivity index (χ1v) is 6.16. The fraction of sp³-hybridized carbons (Fsp3) is 0.357. The summed E-state index contributed by atoms with van der Waals surface area (Å²) in [4.78, 5) is 4.28. The molecule has 0 amide bonds. The molecule has 1 N–H and O–H groups in total. The zero-order valence-electron chi connectivity index (χ0n) is 11.4. The molecule has 0 aliphatic carbocycles. The molecule has 2 rings (SSSR count). The Morgan fingerprint density at radius 3 is 2.95 bits per heavy atom. The van der Waals surface area contributed by atoms with E-state index >= 15 is 0 Å². The molecule has 5 heteroatoms. The highest BCUT2D eigenvalue weighted by molar-refractivity contribution is 5.58. The van der Waals surface area contributed by atoms with Crippen LogP contribution in [0.25, 0.3) is 0 Å². The molecule has 2 aromatic rings. The van der Waals surface area contributed by atoms with E-state index in [1.54, 1.807) is 19.4 Å². The van der Waals surface area contributed by atoms with E-state index in [4.69, 9.17) is 4.74 Å². The second-order valence-electron chi connectivity index (χ2n) is 4.55. The molecule has 102 valence electrons. The van der Waals surface area contributed by atoms with E-state index in [9.17, 15) is 4.39 Å². The average molecular weight is 263 g/mol. The second kappa shape index (κ2) is 5.84. The normalized spacial score (nSPS) is 12.4. The maximum atomic E-state index is 13.1. The zero-order valence-corrected chi connectivity index (χ0v) is 11.4. The third-order valence-electron chi connectivity index (χ3n) is 2.99. The Morgan fingerprint density at radius 1 is 1.47 bits per heavy atom. The van der Waals surface area contributed by atoms with Gasteiger partial charge in [-0.15, -0.1) is 0 Å². The van der Waals surface area contributed by atoms with Crippen LogP contribution in [0.2, 0.25) is 0 Å². The Balaban J connectivity index is 2.21. The molecule has 1 atom stereocenters. The number of hydrogen-bond acceptors (Lipinski definition) is 3. The Hall–Kier alpha value is -1.88. The van der Waals surface area contributed by atoms with Crippen LogP contribution in [0.3, 0.4) is 0 Å². The van der Waals surface area contributed by atoms with Crippen LogP contribution in [-0.4, -0.2) is 23.3 Å². The number of halogens is 1. The van der Waals surface area contributed by atoms with Gasteiger partial charge in [-0.2, -0.15) is 0 Å². The SMILES string of the molecule is COCC(C)n1ccnc1Nc1ccc(F)cc1C. The first-order valence-electron chi connectivity index (χ1n) is 6.16. The lowest BCUT2D eigenvalue weighted by Gasteiger charge is -2.17. The molecule has 19 heavy (non-hydrogen) atoms. The summed E-state index contributed by atoms with van der Waals surface area (Å²) < 4.78 is 20.2. The Morgan fingerprint density at radius 2 is 2.26 bits per heavy atom. The Bertz CT molecular complexity index is 553. The van der Waals surface area contributed by atoms with E-state index < -0.39 is 0 Å². The summed E-state index contributed by atoms with van der Waals surface area (Å²) >= 11 is 0. The van der Waals surface area contributed by atoms with Crippen molar-refractivity contribution in [2.75, 3.05) is 19.0 Å². The van der Waals surface area contributed by atoms with Gasteiger partial charge in [-0.3, -0.25) is 0 Å². The van der Waals surface area contributed by atoms with Crippen molar-refractivity contribution in [3.8, 4) is 0 Å². The fourth-order valence-electron chi connectivity index (χ4n) is 1.97. The van der Waals surface area contributed by atoms with Crippen molar-refractivity contribution in [1.29, 1.82) is 0 Å². The highest BCUT2D eigenvalue weighted by Crippen LogP contribution is 2.22. The van der Waals surface area contributed by atoms with Crippen molar-refractivity contribution >= 4 is 11.6 Å². The van der Waals surface area contributed by atoms with Gasteiger partial charge in [-0.05, 0) is 37.6 Å². The Labute approximate surface area is 112 Å². The summed E-state index contributed by atoms with van der Waals surface area (Å²) in [5, 5.41) is 3.22. The minimum Gasteiger partial charge on any atom is -0.383 e. The summed E-state index contributed by atoms with van der Waals surface area (Å²) in [6.07, 6.45) is 3.62. The first-order chi connectivity index (χ1) is 9.11. The van der Waals surface area contributed by atoms with E-state index in [0.29, 0.717) is 6.61 Å². The molecule has 0 saturated carbocycles. The second-order valence-corrected chi connectivity index (χ2v) is 4.55. The Kier molecular flexibility index (Phi) is 4.16. The molecule has 1 unspecified atom stereocenters. The largest absolute Gasteiger partial charge is 0.383 e. The van der Waals surface area contributed by atoms with Crippen LogP contribution in [-0.2, 0) is 4.74 Å². The third-order valence-corrected chi connectivity index (χ3v) is 2.99. The number of benzene rings is 1. The molecule has 0 saturated heterocycles.